The van der Waals surface area contributed by atoms with Gasteiger partial charge in [-0.15, -0.1) is 0 Å². The second-order valence-electron chi connectivity index (χ2n) is 5.32. The largest absolute Gasteiger partial charge is 0.362 e. The average Bonchev–Trinajstić information content (AvgIpc) is 2.51. The van der Waals surface area contributed by atoms with Crippen molar-refractivity contribution in [3.05, 3.63) is 11.6 Å². The Kier molecular flexibility index (Phi) is 2.54. The van der Waals surface area contributed by atoms with E-state index in [9.17, 15) is 9.59 Å². The number of hydrogen-bond donors (Lipinski definition) is 0. The fourth-order valence-electron chi connectivity index (χ4n) is 2.84. The lowest BCUT2D eigenvalue weighted by Gasteiger charge is -2.41. The fraction of sp³-hybridized carbons (Fsp3) is 0.692. The molecule has 0 aromatic heterocycles. The first-order valence-electron chi connectivity index (χ1n) is 5.81. The van der Waals surface area contributed by atoms with E-state index in [1.807, 2.05) is 33.8 Å². The molecule has 2 bridgehead atoms. The van der Waals surface area contributed by atoms with E-state index in [1.54, 1.807) is 0 Å². The first-order chi connectivity index (χ1) is 7.41. The molecule has 16 heavy (non-hydrogen) atoms. The van der Waals surface area contributed by atoms with E-state index in [-0.39, 0.29) is 29.6 Å². The molecule has 2 rings (SSSR count). The van der Waals surface area contributed by atoms with Crippen LogP contribution in [0.25, 0.3) is 0 Å². The summed E-state index contributed by atoms with van der Waals surface area (Å²) in [6.45, 7) is 7.74. The third-order valence-corrected chi connectivity index (χ3v) is 4.08. The first-order valence-corrected chi connectivity index (χ1v) is 5.81. The molecule has 0 radical (unpaired) electrons. The Labute approximate surface area is 95.9 Å². The van der Waals surface area contributed by atoms with Crippen molar-refractivity contribution in [2.45, 2.75) is 39.4 Å². The van der Waals surface area contributed by atoms with Gasteiger partial charge in [0, 0.05) is 11.5 Å². The zero-order valence-electron chi connectivity index (χ0n) is 10.2. The summed E-state index contributed by atoms with van der Waals surface area (Å²) >= 11 is 0. The van der Waals surface area contributed by atoms with Gasteiger partial charge in [0.05, 0.1) is 12.0 Å². The SMILES string of the molecule is CC(C)[C@@H]1C(=O)[C@H](C)[C@@]2(C)O[C@@H]1C=C2C=O. The third kappa shape index (κ3) is 1.31. The number of hydrogen-bond acceptors (Lipinski definition) is 3. The summed E-state index contributed by atoms with van der Waals surface area (Å²) in [5.74, 6) is 0.115. The van der Waals surface area contributed by atoms with E-state index in [0.29, 0.717) is 5.57 Å². The standard InChI is InChI=1S/C13H18O3/c1-7(2)11-10-5-9(6-14)13(4,16-10)8(3)12(11)15/h5-8,10-11H,1-4H3/t8-,10+,11-,13+/m0/s1. The van der Waals surface area contributed by atoms with Gasteiger partial charge in [0.1, 0.15) is 17.7 Å². The van der Waals surface area contributed by atoms with E-state index in [2.05, 4.69) is 0 Å². The summed E-state index contributed by atoms with van der Waals surface area (Å²) in [5.41, 5.74) is -0.0731. The number of carbonyl (C=O) groups is 2. The second-order valence-corrected chi connectivity index (χ2v) is 5.32. The van der Waals surface area contributed by atoms with Crippen molar-refractivity contribution in [3.8, 4) is 0 Å². The molecule has 2 aliphatic heterocycles. The Morgan fingerprint density at radius 2 is 2.12 bits per heavy atom. The fourth-order valence-corrected chi connectivity index (χ4v) is 2.84. The van der Waals surface area contributed by atoms with Crippen molar-refractivity contribution in [1.29, 1.82) is 0 Å². The second kappa shape index (κ2) is 3.52. The maximum absolute atomic E-state index is 12.3. The van der Waals surface area contributed by atoms with E-state index >= 15 is 0 Å². The monoisotopic (exact) mass is 222 g/mol. The number of Topliss-reactive ketones (excluding diaryl/α,β-unsaturated/α-hetero) is 1. The van der Waals surface area contributed by atoms with Gasteiger partial charge in [-0.25, -0.2) is 0 Å². The molecule has 0 N–H and O–H groups in total. The van der Waals surface area contributed by atoms with Crippen LogP contribution in [-0.4, -0.2) is 23.8 Å². The van der Waals surface area contributed by atoms with Crippen LogP contribution in [0.1, 0.15) is 27.7 Å². The molecule has 0 unspecified atom stereocenters. The molecule has 2 aliphatic rings. The van der Waals surface area contributed by atoms with Gasteiger partial charge >= 0.3 is 0 Å². The quantitative estimate of drug-likeness (QED) is 0.669. The van der Waals surface area contributed by atoms with Crippen LogP contribution in [0.4, 0.5) is 0 Å². The Hall–Kier alpha value is -0.960. The molecule has 0 amide bonds. The Balaban J connectivity index is 2.44. The third-order valence-electron chi connectivity index (χ3n) is 4.08. The van der Waals surface area contributed by atoms with Crippen LogP contribution in [0.2, 0.25) is 0 Å². The number of ketones is 1. The van der Waals surface area contributed by atoms with Crippen molar-refractivity contribution in [1.82, 2.24) is 0 Å². The average molecular weight is 222 g/mol. The number of aldehydes is 1. The van der Waals surface area contributed by atoms with Crippen LogP contribution in [0.5, 0.6) is 0 Å². The maximum Gasteiger partial charge on any atom is 0.148 e. The van der Waals surface area contributed by atoms with Gasteiger partial charge in [0.15, 0.2) is 0 Å². The highest BCUT2D eigenvalue weighted by atomic mass is 16.5. The van der Waals surface area contributed by atoms with Crippen molar-refractivity contribution < 1.29 is 14.3 Å². The minimum absolute atomic E-state index is 0.111. The number of rotatable bonds is 2. The molecule has 3 nitrogen and oxygen atoms in total. The summed E-state index contributed by atoms with van der Waals surface area (Å²) < 4.78 is 5.90. The molecular formula is C13H18O3. The van der Waals surface area contributed by atoms with Gasteiger partial charge in [-0.1, -0.05) is 20.8 Å². The maximum atomic E-state index is 12.3. The zero-order valence-corrected chi connectivity index (χ0v) is 10.2. The molecule has 0 aliphatic carbocycles. The van der Waals surface area contributed by atoms with Crippen LogP contribution < -0.4 is 0 Å². The van der Waals surface area contributed by atoms with Crippen LogP contribution in [0.3, 0.4) is 0 Å². The van der Waals surface area contributed by atoms with E-state index in [0.717, 1.165) is 6.29 Å². The molecule has 2 heterocycles. The van der Waals surface area contributed by atoms with Gasteiger partial charge < -0.3 is 4.74 Å². The molecular weight excluding hydrogens is 204 g/mol. The van der Waals surface area contributed by atoms with Crippen LogP contribution in [-0.2, 0) is 14.3 Å². The normalized spacial score (nSPS) is 42.4. The van der Waals surface area contributed by atoms with E-state index in [4.69, 9.17) is 4.74 Å². The molecule has 1 saturated heterocycles. The van der Waals surface area contributed by atoms with Crippen molar-refractivity contribution in [3.63, 3.8) is 0 Å². The van der Waals surface area contributed by atoms with Gasteiger partial charge in [0.25, 0.3) is 0 Å². The minimum Gasteiger partial charge on any atom is -0.362 e. The number of fused-ring (bicyclic) bond motifs is 2. The molecule has 3 heteroatoms. The minimum atomic E-state index is -0.700. The van der Waals surface area contributed by atoms with E-state index in [1.165, 1.54) is 0 Å². The molecule has 0 saturated carbocycles. The van der Waals surface area contributed by atoms with Crippen molar-refractivity contribution in [2.75, 3.05) is 0 Å². The van der Waals surface area contributed by atoms with Crippen LogP contribution in [0.15, 0.2) is 11.6 Å². The molecule has 0 aromatic rings. The van der Waals surface area contributed by atoms with E-state index < -0.39 is 5.60 Å². The lowest BCUT2D eigenvalue weighted by Crippen LogP contribution is -2.51. The van der Waals surface area contributed by atoms with Gasteiger partial charge in [0.2, 0.25) is 0 Å². The highest BCUT2D eigenvalue weighted by molar-refractivity contribution is 5.91. The highest BCUT2D eigenvalue weighted by Gasteiger charge is 2.55. The molecule has 0 aromatic carbocycles. The molecule has 1 fully saturated rings. The summed E-state index contributed by atoms with van der Waals surface area (Å²) in [4.78, 5) is 23.3. The Bertz CT molecular complexity index is 369. The van der Waals surface area contributed by atoms with Crippen molar-refractivity contribution >= 4 is 12.1 Å². The predicted molar refractivity (Wildman–Crippen MR) is 59.9 cm³/mol. The van der Waals surface area contributed by atoms with Crippen LogP contribution >= 0.6 is 0 Å². The van der Waals surface area contributed by atoms with Gasteiger partial charge in [-0.3, -0.25) is 9.59 Å². The number of ether oxygens (including phenoxy) is 1. The lowest BCUT2D eigenvalue weighted by molar-refractivity contribution is -0.162. The lowest BCUT2D eigenvalue weighted by atomic mass is 9.74. The van der Waals surface area contributed by atoms with Gasteiger partial charge in [-0.2, -0.15) is 0 Å². The molecule has 88 valence electrons. The zero-order chi connectivity index (χ0) is 12.1. The summed E-state index contributed by atoms with van der Waals surface area (Å²) in [5, 5.41) is 0. The smallest absolute Gasteiger partial charge is 0.148 e. The predicted octanol–water partition coefficient (Wildman–Crippen LogP) is 1.76. The number of carbonyl (C=O) groups excluding carboxylic acids is 2. The summed E-state index contributed by atoms with van der Waals surface area (Å²) in [6, 6.07) is 0. The first kappa shape index (κ1) is 11.5. The summed E-state index contributed by atoms with van der Waals surface area (Å²) in [7, 11) is 0. The highest BCUT2D eigenvalue weighted by Crippen LogP contribution is 2.46. The van der Waals surface area contributed by atoms with Gasteiger partial charge in [-0.05, 0) is 18.9 Å². The molecule has 0 spiro atoms. The molecule has 4 atom stereocenters. The van der Waals surface area contributed by atoms with Crippen LogP contribution in [0, 0.1) is 17.8 Å². The topological polar surface area (TPSA) is 43.4 Å². The van der Waals surface area contributed by atoms with Crippen molar-refractivity contribution in [2.24, 2.45) is 17.8 Å². The summed E-state index contributed by atoms with van der Waals surface area (Å²) in [6.07, 6.45) is 2.44. The Morgan fingerprint density at radius 3 is 2.62 bits per heavy atom. The Morgan fingerprint density at radius 1 is 1.50 bits per heavy atom.